The molecule has 170 valence electrons. The number of carbonyl (C=O) groups excluding carboxylic acids is 2. The molecule has 10 nitrogen and oxygen atoms in total. The van der Waals surface area contributed by atoms with Gasteiger partial charge in [0, 0.05) is 25.7 Å². The van der Waals surface area contributed by atoms with Gasteiger partial charge in [0.15, 0.2) is 12.6 Å². The number of nitrogens with one attached hydrogen (secondary N) is 3. The third-order valence-corrected chi connectivity index (χ3v) is 4.30. The van der Waals surface area contributed by atoms with Crippen molar-refractivity contribution in [3.05, 3.63) is 0 Å². The molecule has 0 spiro atoms. The van der Waals surface area contributed by atoms with Crippen LogP contribution in [0.15, 0.2) is 4.99 Å². The Morgan fingerprint density at radius 1 is 0.931 bits per heavy atom. The maximum atomic E-state index is 11.6. The van der Waals surface area contributed by atoms with Gasteiger partial charge in [0.05, 0.1) is 0 Å². The van der Waals surface area contributed by atoms with Crippen molar-refractivity contribution in [1.82, 2.24) is 16.0 Å². The van der Waals surface area contributed by atoms with Gasteiger partial charge in [0.1, 0.15) is 0 Å². The smallest absolute Gasteiger partial charge is 0.407 e. The van der Waals surface area contributed by atoms with Crippen LogP contribution in [0.4, 0.5) is 4.79 Å². The highest BCUT2D eigenvalue weighted by Crippen LogP contribution is 1.99. The van der Waals surface area contributed by atoms with Gasteiger partial charge < -0.3 is 37.9 Å². The van der Waals surface area contributed by atoms with Gasteiger partial charge >= 0.3 is 6.09 Å². The average Bonchev–Trinajstić information content (AvgIpc) is 2.69. The summed E-state index contributed by atoms with van der Waals surface area (Å²) in [5.41, 5.74) is 16.3. The maximum absolute atomic E-state index is 11.6. The molecule has 0 saturated heterocycles. The summed E-state index contributed by atoms with van der Waals surface area (Å²) in [6.45, 7) is 5.33. The summed E-state index contributed by atoms with van der Waals surface area (Å²) < 4.78 is 4.89. The number of guanidine groups is 1. The second-order valence-corrected chi connectivity index (χ2v) is 6.99. The van der Waals surface area contributed by atoms with E-state index in [2.05, 4.69) is 27.9 Å². The Hall–Kier alpha value is -2.07. The van der Waals surface area contributed by atoms with Crippen LogP contribution in [0, 0.1) is 0 Å². The van der Waals surface area contributed by atoms with Gasteiger partial charge in [-0.25, -0.2) is 4.79 Å². The van der Waals surface area contributed by atoms with Crippen molar-refractivity contribution in [3.63, 3.8) is 0 Å². The van der Waals surface area contributed by atoms with Crippen molar-refractivity contribution < 1.29 is 14.3 Å². The Labute approximate surface area is 174 Å². The van der Waals surface area contributed by atoms with Crippen LogP contribution in [0.2, 0.25) is 0 Å². The maximum Gasteiger partial charge on any atom is 0.407 e. The molecule has 0 aromatic rings. The van der Waals surface area contributed by atoms with Crippen LogP contribution in [0.3, 0.4) is 0 Å². The van der Waals surface area contributed by atoms with E-state index in [1.165, 1.54) is 0 Å². The third-order valence-electron chi connectivity index (χ3n) is 4.30. The van der Waals surface area contributed by atoms with E-state index in [9.17, 15) is 9.59 Å². The number of ether oxygens (including phenoxy) is 1. The van der Waals surface area contributed by atoms with Crippen molar-refractivity contribution in [2.24, 2.45) is 22.2 Å². The molecule has 0 unspecified atom stereocenters. The van der Waals surface area contributed by atoms with Crippen LogP contribution in [-0.4, -0.2) is 63.3 Å². The number of unbranched alkanes of at least 4 members (excludes halogenated alkanes) is 4. The molecule has 0 aromatic carbocycles. The molecule has 0 aliphatic rings. The summed E-state index contributed by atoms with van der Waals surface area (Å²) in [5.74, 6) is -0.183. The summed E-state index contributed by atoms with van der Waals surface area (Å²) in [5, 5.41) is 8.70. The molecular weight excluding hydrogens is 374 g/mol. The van der Waals surface area contributed by atoms with Gasteiger partial charge in [-0.15, -0.1) is 0 Å². The van der Waals surface area contributed by atoms with Crippen molar-refractivity contribution in [2.75, 3.05) is 39.3 Å². The molecule has 9 N–H and O–H groups in total. The highest BCUT2D eigenvalue weighted by atomic mass is 16.6. The molecule has 29 heavy (non-hydrogen) atoms. The quantitative estimate of drug-likeness (QED) is 0.105. The summed E-state index contributed by atoms with van der Waals surface area (Å²) in [6, 6.07) is 0.262. The fourth-order valence-corrected chi connectivity index (χ4v) is 2.44. The Kier molecular flexibility index (Phi) is 17.9. The molecule has 2 amide bonds. The third kappa shape index (κ3) is 20.5. The number of amides is 2. The predicted molar refractivity (Wildman–Crippen MR) is 116 cm³/mol. The molecule has 0 heterocycles. The molecule has 0 fully saturated rings. The lowest BCUT2D eigenvalue weighted by molar-refractivity contribution is -0.123. The zero-order valence-electron chi connectivity index (χ0n) is 17.9. The van der Waals surface area contributed by atoms with E-state index in [1.807, 2.05) is 0 Å². The fraction of sp³-hybridized carbons (Fsp3) is 0.842. The minimum absolute atomic E-state index is 0.113. The molecule has 0 saturated carbocycles. The molecular formula is C19H41N7O3. The monoisotopic (exact) mass is 415 g/mol. The van der Waals surface area contributed by atoms with Crippen LogP contribution in [-0.2, 0) is 9.53 Å². The lowest BCUT2D eigenvalue weighted by Crippen LogP contribution is -2.33. The van der Waals surface area contributed by atoms with Crippen molar-refractivity contribution in [3.8, 4) is 0 Å². The Balaban J connectivity index is 3.40. The molecule has 0 aliphatic carbocycles. The number of hydrogen-bond donors (Lipinski definition) is 6. The van der Waals surface area contributed by atoms with Gasteiger partial charge in [-0.1, -0.05) is 19.8 Å². The summed E-state index contributed by atoms with van der Waals surface area (Å²) in [4.78, 5) is 27.1. The summed E-state index contributed by atoms with van der Waals surface area (Å²) in [7, 11) is 0. The molecule has 0 bridgehead atoms. The topological polar surface area (TPSA) is 170 Å². The van der Waals surface area contributed by atoms with E-state index in [0.29, 0.717) is 19.6 Å². The fourth-order valence-electron chi connectivity index (χ4n) is 2.44. The summed E-state index contributed by atoms with van der Waals surface area (Å²) >= 11 is 0. The van der Waals surface area contributed by atoms with Crippen molar-refractivity contribution in [1.29, 1.82) is 0 Å². The number of alkyl carbamates (subject to hydrolysis) is 1. The van der Waals surface area contributed by atoms with Crippen LogP contribution < -0.4 is 33.2 Å². The van der Waals surface area contributed by atoms with E-state index in [4.69, 9.17) is 21.9 Å². The van der Waals surface area contributed by atoms with Gasteiger partial charge in [0.25, 0.3) is 5.91 Å². The van der Waals surface area contributed by atoms with Gasteiger partial charge in [-0.2, -0.15) is 0 Å². The van der Waals surface area contributed by atoms with Gasteiger partial charge in [0.2, 0.25) is 0 Å². The van der Waals surface area contributed by atoms with Crippen LogP contribution in [0.5, 0.6) is 0 Å². The highest BCUT2D eigenvalue weighted by molar-refractivity contribution is 5.80. The first-order valence-corrected chi connectivity index (χ1v) is 10.6. The Morgan fingerprint density at radius 2 is 1.59 bits per heavy atom. The van der Waals surface area contributed by atoms with E-state index < -0.39 is 6.09 Å². The molecule has 1 atom stereocenters. The zero-order chi connectivity index (χ0) is 21.7. The van der Waals surface area contributed by atoms with Crippen LogP contribution in [0.25, 0.3) is 0 Å². The number of nitrogens with two attached hydrogens (primary N) is 3. The normalized spacial score (nSPS) is 11.5. The number of aliphatic imine (C=N–C) groups is 1. The minimum atomic E-state index is -0.568. The van der Waals surface area contributed by atoms with Crippen LogP contribution >= 0.6 is 0 Å². The molecule has 0 aliphatic heterocycles. The predicted octanol–water partition coefficient (Wildman–Crippen LogP) is 0.160. The van der Waals surface area contributed by atoms with E-state index >= 15 is 0 Å². The van der Waals surface area contributed by atoms with Crippen molar-refractivity contribution >= 4 is 18.0 Å². The SMILES string of the molecule is CC[C@@H](N)CCNCCCCNC(=O)OCC(=O)NCCCCCCN=C(N)N. The first kappa shape index (κ1) is 26.9. The number of rotatable bonds is 18. The number of carbonyl (C=O) groups is 2. The van der Waals surface area contributed by atoms with Crippen molar-refractivity contribution in [2.45, 2.75) is 64.3 Å². The second kappa shape index (κ2) is 19.3. The minimum Gasteiger partial charge on any atom is -0.439 e. The first-order chi connectivity index (χ1) is 14.0. The number of hydrogen-bond acceptors (Lipinski definition) is 6. The Morgan fingerprint density at radius 3 is 2.31 bits per heavy atom. The zero-order valence-corrected chi connectivity index (χ0v) is 17.9. The molecule has 0 rings (SSSR count). The van der Waals surface area contributed by atoms with E-state index in [1.54, 1.807) is 0 Å². The standard InChI is InChI=1S/C19H41N7O3/c1-2-16(20)9-14-23-10-7-8-13-26-19(28)29-15-17(27)24-11-5-3-4-6-12-25-18(21)22/h16,23H,2-15,20H2,1H3,(H,24,27)(H,26,28)(H4,21,22,25)/t16-/m1/s1. The molecule has 0 radical (unpaired) electrons. The lowest BCUT2D eigenvalue weighted by Gasteiger charge is -2.10. The second-order valence-electron chi connectivity index (χ2n) is 6.99. The molecule has 10 heteroatoms. The lowest BCUT2D eigenvalue weighted by atomic mass is 10.2. The van der Waals surface area contributed by atoms with E-state index in [-0.39, 0.29) is 24.5 Å². The largest absolute Gasteiger partial charge is 0.439 e. The first-order valence-electron chi connectivity index (χ1n) is 10.6. The molecule has 0 aromatic heterocycles. The van der Waals surface area contributed by atoms with Crippen LogP contribution in [0.1, 0.15) is 58.3 Å². The summed E-state index contributed by atoms with van der Waals surface area (Å²) in [6.07, 6.45) is 6.94. The highest BCUT2D eigenvalue weighted by Gasteiger charge is 2.06. The average molecular weight is 416 g/mol. The Bertz CT molecular complexity index is 457. The van der Waals surface area contributed by atoms with E-state index in [0.717, 1.165) is 64.5 Å². The van der Waals surface area contributed by atoms with Gasteiger partial charge in [-0.05, 0) is 51.6 Å². The van der Waals surface area contributed by atoms with Gasteiger partial charge in [-0.3, -0.25) is 9.79 Å². The number of nitrogens with zero attached hydrogens (tertiary/aromatic N) is 1.